The summed E-state index contributed by atoms with van der Waals surface area (Å²) < 4.78 is 58.5. The van der Waals surface area contributed by atoms with Gasteiger partial charge in [0.2, 0.25) is 0 Å². The zero-order valence-electron chi connectivity index (χ0n) is 18.3. The molecule has 0 aliphatic rings. The molecule has 0 saturated carbocycles. The Balaban J connectivity index is 2.08. The predicted octanol–water partition coefficient (Wildman–Crippen LogP) is 5.76. The van der Waals surface area contributed by atoms with E-state index >= 15 is 0 Å². The first-order valence-corrected chi connectivity index (χ1v) is 12.6. The Kier molecular flexibility index (Phi) is 7.99. The second-order valence-electron chi connectivity index (χ2n) is 7.21. The largest absolute Gasteiger partial charge is 0.495 e. The van der Waals surface area contributed by atoms with Crippen LogP contribution in [-0.2, 0) is 26.2 Å². The zero-order valence-corrected chi connectivity index (χ0v) is 20.8. The summed E-state index contributed by atoms with van der Waals surface area (Å²) in [5.41, 5.74) is -2.87. The van der Waals surface area contributed by atoms with Crippen LogP contribution in [0.1, 0.15) is 36.8 Å². The number of fused-ring (bicyclic) bond motifs is 1. The molecule has 2 aromatic carbocycles. The maximum Gasteiger partial charge on any atom is 0.399 e. The Morgan fingerprint density at radius 3 is 2.36 bits per heavy atom. The van der Waals surface area contributed by atoms with Gasteiger partial charge in [-0.05, 0) is 31.5 Å². The second kappa shape index (κ2) is 10.2. The highest BCUT2D eigenvalue weighted by atomic mass is 79.9. The molecule has 0 spiro atoms. The van der Waals surface area contributed by atoms with Crippen molar-refractivity contribution in [3.63, 3.8) is 0 Å². The lowest BCUT2D eigenvalue weighted by Crippen LogP contribution is -2.14. The van der Waals surface area contributed by atoms with Crippen LogP contribution in [-0.4, -0.2) is 34.7 Å². The standard InChI is InChI=1S/C22H25BrF2NO6P/c1-4-31-21(32-5-2)16-13-26(20-15(16)7-6-8-19(20)30-3)12-14-9-10-17(18(23)11-14)22(24,25)33(27,28)29/h6-11,13,21H,4-5,12H2,1-3H3,(H2,27,28,29). The third kappa shape index (κ3) is 5.16. The Morgan fingerprint density at radius 2 is 1.82 bits per heavy atom. The lowest BCUT2D eigenvalue weighted by molar-refractivity contribution is -0.139. The van der Waals surface area contributed by atoms with Gasteiger partial charge in [0.15, 0.2) is 6.29 Å². The van der Waals surface area contributed by atoms with Crippen LogP contribution in [0.25, 0.3) is 10.9 Å². The van der Waals surface area contributed by atoms with Gasteiger partial charge in [0.05, 0.1) is 12.6 Å². The number of methoxy groups -OCH3 is 1. The molecule has 0 aliphatic heterocycles. The van der Waals surface area contributed by atoms with E-state index in [9.17, 15) is 13.3 Å². The molecule has 0 amide bonds. The molecule has 2 N–H and O–H groups in total. The molecule has 0 radical (unpaired) electrons. The molecular weight excluding hydrogens is 523 g/mol. The van der Waals surface area contributed by atoms with E-state index < -0.39 is 25.1 Å². The molecule has 1 aromatic heterocycles. The quantitative estimate of drug-likeness (QED) is 0.248. The summed E-state index contributed by atoms with van der Waals surface area (Å²) in [6.07, 6.45) is 1.28. The molecule has 1 heterocycles. The monoisotopic (exact) mass is 547 g/mol. The first-order chi connectivity index (χ1) is 15.5. The van der Waals surface area contributed by atoms with Gasteiger partial charge in [-0.25, -0.2) is 0 Å². The highest BCUT2D eigenvalue weighted by Crippen LogP contribution is 2.60. The van der Waals surface area contributed by atoms with E-state index in [4.69, 9.17) is 24.0 Å². The lowest BCUT2D eigenvalue weighted by Gasteiger charge is -2.20. The van der Waals surface area contributed by atoms with Crippen LogP contribution in [0.4, 0.5) is 8.78 Å². The Labute approximate surface area is 198 Å². The summed E-state index contributed by atoms with van der Waals surface area (Å²) in [5.74, 6) is 0.620. The Hall–Kier alpha value is -1.81. The molecule has 0 aliphatic carbocycles. The van der Waals surface area contributed by atoms with Crippen molar-refractivity contribution in [2.24, 2.45) is 0 Å². The van der Waals surface area contributed by atoms with E-state index in [0.29, 0.717) is 24.5 Å². The molecule has 7 nitrogen and oxygen atoms in total. The van der Waals surface area contributed by atoms with Gasteiger partial charge in [-0.2, -0.15) is 8.78 Å². The average Bonchev–Trinajstić information content (AvgIpc) is 3.11. The van der Waals surface area contributed by atoms with Crippen molar-refractivity contribution in [2.75, 3.05) is 20.3 Å². The molecule has 3 rings (SSSR count). The van der Waals surface area contributed by atoms with Crippen molar-refractivity contribution in [3.8, 4) is 5.75 Å². The van der Waals surface area contributed by atoms with Crippen LogP contribution < -0.4 is 4.74 Å². The minimum absolute atomic E-state index is 0.0986. The molecule has 0 bridgehead atoms. The second-order valence-corrected chi connectivity index (χ2v) is 9.71. The number of halogens is 3. The molecule has 180 valence electrons. The van der Waals surface area contributed by atoms with Gasteiger partial charge in [-0.15, -0.1) is 0 Å². The molecule has 0 fully saturated rings. The zero-order chi connectivity index (χ0) is 24.4. The van der Waals surface area contributed by atoms with Crippen LogP contribution in [0.3, 0.4) is 0 Å². The SMILES string of the molecule is CCOC(OCC)c1cn(Cc2ccc(C(F)(F)P(=O)(O)O)c(Br)c2)c2c(OC)cccc12. The van der Waals surface area contributed by atoms with Crippen LogP contribution in [0.15, 0.2) is 47.1 Å². The maximum atomic E-state index is 14.2. The summed E-state index contributed by atoms with van der Waals surface area (Å²) in [6.45, 7) is 4.92. The third-order valence-corrected chi connectivity index (χ3v) is 6.71. The predicted molar refractivity (Wildman–Crippen MR) is 124 cm³/mol. The fourth-order valence-corrected chi connectivity index (χ4v) is 4.95. The molecular formula is C22H25BrF2NO6P. The van der Waals surface area contributed by atoms with Gasteiger partial charge in [0.1, 0.15) is 5.75 Å². The molecule has 0 saturated heterocycles. The molecule has 33 heavy (non-hydrogen) atoms. The van der Waals surface area contributed by atoms with Gasteiger partial charge in [0.25, 0.3) is 0 Å². The highest BCUT2D eigenvalue weighted by Gasteiger charge is 2.51. The first-order valence-electron chi connectivity index (χ1n) is 10.2. The minimum Gasteiger partial charge on any atom is -0.495 e. The Bertz CT molecular complexity index is 1170. The number of nitrogens with zero attached hydrogens (tertiary/aromatic N) is 1. The van der Waals surface area contributed by atoms with Crippen LogP contribution in [0, 0.1) is 0 Å². The van der Waals surface area contributed by atoms with Gasteiger partial charge < -0.3 is 28.6 Å². The summed E-state index contributed by atoms with van der Waals surface area (Å²) in [5, 5.41) is 0.866. The number of benzene rings is 2. The van der Waals surface area contributed by atoms with Crippen LogP contribution >= 0.6 is 23.5 Å². The maximum absolute atomic E-state index is 14.2. The van der Waals surface area contributed by atoms with Gasteiger partial charge >= 0.3 is 13.3 Å². The van der Waals surface area contributed by atoms with Crippen molar-refractivity contribution < 1.29 is 37.3 Å². The minimum atomic E-state index is -5.68. The summed E-state index contributed by atoms with van der Waals surface area (Å²) >= 11 is 3.04. The van der Waals surface area contributed by atoms with Crippen molar-refractivity contribution in [3.05, 3.63) is 63.8 Å². The number of hydrogen-bond acceptors (Lipinski definition) is 4. The van der Waals surface area contributed by atoms with Crippen molar-refractivity contribution in [1.29, 1.82) is 0 Å². The number of ether oxygens (including phenoxy) is 3. The van der Waals surface area contributed by atoms with Crippen molar-refractivity contribution in [1.82, 2.24) is 4.57 Å². The molecule has 0 atom stereocenters. The lowest BCUT2D eigenvalue weighted by atomic mass is 10.1. The van der Waals surface area contributed by atoms with Gasteiger partial charge in [-0.1, -0.05) is 40.2 Å². The first kappa shape index (κ1) is 25.8. The van der Waals surface area contributed by atoms with E-state index in [1.54, 1.807) is 7.11 Å². The average molecular weight is 548 g/mol. The number of aromatic nitrogens is 1. The summed E-state index contributed by atoms with van der Waals surface area (Å²) in [6, 6.07) is 9.45. The topological polar surface area (TPSA) is 90.2 Å². The molecule has 11 heteroatoms. The van der Waals surface area contributed by atoms with E-state index in [1.165, 1.54) is 12.1 Å². The van der Waals surface area contributed by atoms with E-state index in [1.807, 2.05) is 42.8 Å². The number of para-hydroxylation sites is 1. The van der Waals surface area contributed by atoms with Crippen molar-refractivity contribution in [2.45, 2.75) is 32.3 Å². The highest BCUT2D eigenvalue weighted by molar-refractivity contribution is 9.10. The van der Waals surface area contributed by atoms with Crippen LogP contribution in [0.2, 0.25) is 0 Å². The summed E-state index contributed by atoms with van der Waals surface area (Å²) in [4.78, 5) is 18.1. The fraction of sp³-hybridized carbons (Fsp3) is 0.364. The summed E-state index contributed by atoms with van der Waals surface area (Å²) in [7, 11) is -4.12. The van der Waals surface area contributed by atoms with Gasteiger partial charge in [0, 0.05) is 46.9 Å². The number of hydrogen-bond donors (Lipinski definition) is 2. The van der Waals surface area contributed by atoms with E-state index in [2.05, 4.69) is 15.9 Å². The van der Waals surface area contributed by atoms with Crippen LogP contribution in [0.5, 0.6) is 5.75 Å². The number of rotatable bonds is 10. The fourth-order valence-electron chi connectivity index (χ4n) is 3.62. The number of alkyl halides is 2. The Morgan fingerprint density at radius 1 is 1.15 bits per heavy atom. The van der Waals surface area contributed by atoms with Gasteiger partial charge in [-0.3, -0.25) is 4.57 Å². The molecule has 0 unspecified atom stereocenters. The third-order valence-electron chi connectivity index (χ3n) is 5.08. The molecule has 3 aromatic rings. The van der Waals surface area contributed by atoms with E-state index in [-0.39, 0.29) is 11.0 Å². The van der Waals surface area contributed by atoms with Crippen molar-refractivity contribution >= 4 is 34.4 Å². The smallest absolute Gasteiger partial charge is 0.399 e. The normalized spacial score (nSPS) is 12.6. The van der Waals surface area contributed by atoms with E-state index in [0.717, 1.165) is 22.5 Å².